The molecule has 0 bridgehead atoms. The molecule has 4 nitrogen and oxygen atoms in total. The molecule has 0 aliphatic heterocycles. The van der Waals surface area contributed by atoms with Crippen LogP contribution < -0.4 is 9.47 Å². The Morgan fingerprint density at radius 2 is 1.80 bits per heavy atom. The number of aromatic nitrogens is 2. The Morgan fingerprint density at radius 1 is 1.04 bits per heavy atom. The first-order valence-electron chi connectivity index (χ1n) is 8.16. The third-order valence-electron chi connectivity index (χ3n) is 3.52. The molecule has 1 heterocycles. The predicted octanol–water partition coefficient (Wildman–Crippen LogP) is 5.96. The highest BCUT2D eigenvalue weighted by molar-refractivity contribution is 6.37. The Labute approximate surface area is 163 Å². The first kappa shape index (κ1) is 20.0. The van der Waals surface area contributed by atoms with Gasteiger partial charge in [0, 0.05) is 36.6 Å². The van der Waals surface area contributed by atoms with E-state index in [4.69, 9.17) is 44.3 Å². The van der Waals surface area contributed by atoms with Crippen molar-refractivity contribution in [2.75, 3.05) is 13.2 Å². The van der Waals surface area contributed by atoms with E-state index in [-0.39, 0.29) is 0 Å². The largest absolute Gasteiger partial charge is 0.490 e. The van der Waals surface area contributed by atoms with Gasteiger partial charge in [-0.1, -0.05) is 47.6 Å². The summed E-state index contributed by atoms with van der Waals surface area (Å²) in [5.74, 6) is 1.08. The second-order valence-corrected chi connectivity index (χ2v) is 6.52. The number of ether oxygens (including phenoxy) is 2. The molecule has 2 rings (SSSR count). The van der Waals surface area contributed by atoms with Crippen molar-refractivity contribution in [1.29, 1.82) is 0 Å². The second kappa shape index (κ2) is 11.3. The number of benzene rings is 1. The molecular weight excluding hydrogens is 383 g/mol. The molecule has 136 valence electrons. The standard InChI is InChI=1S/C18H21Cl3N2O2/c19-6-5-11-24-15-12-16(20)18(17(21)13-15)25-10-4-2-1-3-8-23-9-7-22-14-23/h5-7,9,12-14H,1-4,8,10-11H2/b6-5+. The summed E-state index contributed by atoms with van der Waals surface area (Å²) in [5.41, 5.74) is 1.40. The second-order valence-electron chi connectivity index (χ2n) is 5.45. The maximum atomic E-state index is 6.22. The Hall–Kier alpha value is -1.36. The quantitative estimate of drug-likeness (QED) is 0.434. The number of imidazole rings is 1. The Balaban J connectivity index is 1.67. The van der Waals surface area contributed by atoms with Crippen LogP contribution in [0.25, 0.3) is 0 Å². The highest BCUT2D eigenvalue weighted by atomic mass is 35.5. The van der Waals surface area contributed by atoms with Crippen molar-refractivity contribution in [3.63, 3.8) is 0 Å². The van der Waals surface area contributed by atoms with E-state index in [0.717, 1.165) is 32.2 Å². The van der Waals surface area contributed by atoms with Gasteiger partial charge in [-0.2, -0.15) is 0 Å². The van der Waals surface area contributed by atoms with Crippen LogP contribution in [-0.2, 0) is 6.54 Å². The van der Waals surface area contributed by atoms with Gasteiger partial charge in [-0.3, -0.25) is 0 Å². The fourth-order valence-electron chi connectivity index (χ4n) is 2.28. The van der Waals surface area contributed by atoms with Gasteiger partial charge in [-0.25, -0.2) is 4.98 Å². The van der Waals surface area contributed by atoms with E-state index < -0.39 is 0 Å². The van der Waals surface area contributed by atoms with Crippen LogP contribution in [0.3, 0.4) is 0 Å². The van der Waals surface area contributed by atoms with Crippen molar-refractivity contribution >= 4 is 34.8 Å². The lowest BCUT2D eigenvalue weighted by molar-refractivity contribution is 0.303. The van der Waals surface area contributed by atoms with Gasteiger partial charge in [0.15, 0.2) is 5.75 Å². The zero-order chi connectivity index (χ0) is 17.9. The van der Waals surface area contributed by atoms with E-state index >= 15 is 0 Å². The summed E-state index contributed by atoms with van der Waals surface area (Å²) in [6, 6.07) is 3.38. The Bertz CT molecular complexity index is 637. The molecule has 0 fully saturated rings. The highest BCUT2D eigenvalue weighted by Crippen LogP contribution is 2.37. The molecule has 7 heteroatoms. The summed E-state index contributed by atoms with van der Waals surface area (Å²) >= 11 is 17.9. The lowest BCUT2D eigenvalue weighted by Gasteiger charge is -2.12. The van der Waals surface area contributed by atoms with Gasteiger partial charge in [0.2, 0.25) is 0 Å². The minimum Gasteiger partial charge on any atom is -0.490 e. The average molecular weight is 404 g/mol. The molecule has 0 N–H and O–H groups in total. The molecule has 2 aromatic rings. The van der Waals surface area contributed by atoms with Crippen molar-refractivity contribution in [2.45, 2.75) is 32.2 Å². The van der Waals surface area contributed by atoms with Crippen LogP contribution in [0.2, 0.25) is 10.0 Å². The predicted molar refractivity (Wildman–Crippen MR) is 103 cm³/mol. The fourth-order valence-corrected chi connectivity index (χ4v) is 2.93. The highest BCUT2D eigenvalue weighted by Gasteiger charge is 2.10. The molecule has 0 saturated heterocycles. The number of nitrogens with zero attached hydrogens (tertiary/aromatic N) is 2. The molecule has 0 saturated carbocycles. The number of unbranched alkanes of at least 4 members (excludes halogenated alkanes) is 3. The van der Waals surface area contributed by atoms with Gasteiger partial charge in [0.1, 0.15) is 12.4 Å². The summed E-state index contributed by atoms with van der Waals surface area (Å²) in [6.07, 6.45) is 11.6. The molecular formula is C18H21Cl3N2O2. The Kier molecular flexibility index (Phi) is 9.02. The number of hydrogen-bond donors (Lipinski definition) is 0. The SMILES string of the molecule is Cl/C=C/COc1cc(Cl)c(OCCCCCCn2ccnc2)c(Cl)c1. The molecule has 0 unspecified atom stereocenters. The maximum Gasteiger partial charge on any atom is 0.156 e. The first-order valence-corrected chi connectivity index (χ1v) is 9.35. The summed E-state index contributed by atoms with van der Waals surface area (Å²) in [5, 5.41) is 0.884. The van der Waals surface area contributed by atoms with Gasteiger partial charge >= 0.3 is 0 Å². The molecule has 1 aromatic heterocycles. The van der Waals surface area contributed by atoms with Crippen LogP contribution in [0.4, 0.5) is 0 Å². The van der Waals surface area contributed by atoms with Crippen LogP contribution in [0.15, 0.2) is 42.5 Å². The van der Waals surface area contributed by atoms with Crippen molar-refractivity contribution in [3.8, 4) is 11.5 Å². The summed E-state index contributed by atoms with van der Waals surface area (Å²) in [6.45, 7) is 1.94. The van der Waals surface area contributed by atoms with Crippen molar-refractivity contribution in [3.05, 3.63) is 52.5 Å². The van der Waals surface area contributed by atoms with Crippen molar-refractivity contribution in [2.24, 2.45) is 0 Å². The van der Waals surface area contributed by atoms with Gasteiger partial charge in [-0.05, 0) is 18.9 Å². The molecule has 0 atom stereocenters. The molecule has 0 aliphatic rings. The van der Waals surface area contributed by atoms with E-state index in [2.05, 4.69) is 9.55 Å². The van der Waals surface area contributed by atoms with E-state index in [1.54, 1.807) is 24.4 Å². The van der Waals surface area contributed by atoms with Crippen LogP contribution in [0.5, 0.6) is 11.5 Å². The molecule has 0 radical (unpaired) electrons. The minimum absolute atomic E-state index is 0.357. The monoisotopic (exact) mass is 402 g/mol. The van der Waals surface area contributed by atoms with Crippen LogP contribution in [0.1, 0.15) is 25.7 Å². The van der Waals surface area contributed by atoms with E-state index in [1.165, 1.54) is 5.54 Å². The van der Waals surface area contributed by atoms with Crippen LogP contribution >= 0.6 is 34.8 Å². The summed E-state index contributed by atoms with van der Waals surface area (Å²) < 4.78 is 13.3. The third-order valence-corrected chi connectivity index (χ3v) is 4.26. The number of halogens is 3. The molecule has 0 amide bonds. The normalized spacial score (nSPS) is 11.2. The van der Waals surface area contributed by atoms with E-state index in [0.29, 0.717) is 34.8 Å². The van der Waals surface area contributed by atoms with Gasteiger partial charge in [-0.15, -0.1) is 0 Å². The average Bonchev–Trinajstić information content (AvgIpc) is 3.09. The van der Waals surface area contributed by atoms with Gasteiger partial charge in [0.05, 0.1) is 23.0 Å². The lowest BCUT2D eigenvalue weighted by atomic mass is 10.2. The first-order chi connectivity index (χ1) is 12.2. The smallest absolute Gasteiger partial charge is 0.156 e. The summed E-state index contributed by atoms with van der Waals surface area (Å²) in [7, 11) is 0. The molecule has 0 aliphatic carbocycles. The van der Waals surface area contributed by atoms with E-state index in [1.807, 2.05) is 12.5 Å². The van der Waals surface area contributed by atoms with Crippen molar-refractivity contribution < 1.29 is 9.47 Å². The topological polar surface area (TPSA) is 36.3 Å². The van der Waals surface area contributed by atoms with Gasteiger partial charge in [0.25, 0.3) is 0 Å². The number of rotatable bonds is 11. The fraction of sp³-hybridized carbons (Fsp3) is 0.389. The number of aryl methyl sites for hydroxylation is 1. The summed E-state index contributed by atoms with van der Waals surface area (Å²) in [4.78, 5) is 4.03. The molecule has 25 heavy (non-hydrogen) atoms. The van der Waals surface area contributed by atoms with Crippen molar-refractivity contribution in [1.82, 2.24) is 9.55 Å². The maximum absolute atomic E-state index is 6.22. The molecule has 0 spiro atoms. The zero-order valence-electron chi connectivity index (χ0n) is 13.8. The van der Waals surface area contributed by atoms with E-state index in [9.17, 15) is 0 Å². The minimum atomic E-state index is 0.357. The number of hydrogen-bond acceptors (Lipinski definition) is 3. The van der Waals surface area contributed by atoms with Gasteiger partial charge < -0.3 is 14.0 Å². The lowest BCUT2D eigenvalue weighted by Crippen LogP contribution is -2.00. The Morgan fingerprint density at radius 3 is 2.48 bits per heavy atom. The van der Waals surface area contributed by atoms with Crippen LogP contribution in [0, 0.1) is 0 Å². The molecule has 1 aromatic carbocycles. The van der Waals surface area contributed by atoms with Crippen LogP contribution in [-0.4, -0.2) is 22.8 Å². The third kappa shape index (κ3) is 7.18. The zero-order valence-corrected chi connectivity index (χ0v) is 16.1.